The Labute approximate surface area is 166 Å². The maximum absolute atomic E-state index is 13.2. The van der Waals surface area contributed by atoms with E-state index in [0.29, 0.717) is 11.3 Å². The van der Waals surface area contributed by atoms with Crippen molar-refractivity contribution >= 4 is 21.6 Å². The minimum absolute atomic E-state index is 0.00675. The molecule has 1 heterocycles. The predicted molar refractivity (Wildman–Crippen MR) is 101 cm³/mol. The topological polar surface area (TPSA) is 92.1 Å². The van der Waals surface area contributed by atoms with Crippen molar-refractivity contribution < 1.29 is 17.5 Å². The van der Waals surface area contributed by atoms with Crippen molar-refractivity contribution in [1.82, 2.24) is 9.71 Å². The van der Waals surface area contributed by atoms with E-state index in [9.17, 15) is 12.8 Å². The smallest absolute Gasteiger partial charge is 0.240 e. The van der Waals surface area contributed by atoms with Crippen molar-refractivity contribution in [3.05, 3.63) is 82.8 Å². The Hall–Kier alpha value is -2.99. The largest absolute Gasteiger partial charge is 0.439 e. The maximum Gasteiger partial charge on any atom is 0.240 e. The Bertz CT molecular complexity index is 1150. The number of ether oxygens (including phenoxy) is 1. The molecule has 3 aromatic rings. The molecule has 0 atom stereocenters. The lowest BCUT2D eigenvalue weighted by molar-refractivity contribution is 0.457. The third kappa shape index (κ3) is 4.84. The van der Waals surface area contributed by atoms with Gasteiger partial charge in [0.2, 0.25) is 15.9 Å². The summed E-state index contributed by atoms with van der Waals surface area (Å²) in [6, 6.07) is 14.6. The number of hydrogen-bond acceptors (Lipinski definition) is 5. The van der Waals surface area contributed by atoms with E-state index in [4.69, 9.17) is 21.6 Å². The highest BCUT2D eigenvalue weighted by Crippen LogP contribution is 2.21. The summed E-state index contributed by atoms with van der Waals surface area (Å²) in [5, 5.41) is 8.92. The second kappa shape index (κ2) is 8.35. The van der Waals surface area contributed by atoms with E-state index in [0.717, 1.165) is 0 Å². The predicted octanol–water partition coefficient (Wildman–Crippen LogP) is 4.02. The lowest BCUT2D eigenvalue weighted by Crippen LogP contribution is -2.23. The van der Waals surface area contributed by atoms with Crippen molar-refractivity contribution in [2.24, 2.45) is 0 Å². The van der Waals surface area contributed by atoms with Crippen LogP contribution >= 0.6 is 11.6 Å². The van der Waals surface area contributed by atoms with Gasteiger partial charge >= 0.3 is 0 Å². The molecule has 0 saturated carbocycles. The Morgan fingerprint density at radius 2 is 2.00 bits per heavy atom. The first-order valence-corrected chi connectivity index (χ1v) is 9.81. The molecule has 6 nitrogen and oxygen atoms in total. The summed E-state index contributed by atoms with van der Waals surface area (Å²) in [4.78, 5) is 4.03. The van der Waals surface area contributed by atoms with Crippen molar-refractivity contribution in [1.29, 1.82) is 5.26 Å². The fourth-order valence-electron chi connectivity index (χ4n) is 2.24. The summed E-state index contributed by atoms with van der Waals surface area (Å²) in [6.45, 7) is -0.00675. The van der Waals surface area contributed by atoms with E-state index >= 15 is 0 Å². The first kappa shape index (κ1) is 19.8. The van der Waals surface area contributed by atoms with Crippen LogP contribution in [0, 0.1) is 17.1 Å². The Morgan fingerprint density at radius 3 is 2.64 bits per heavy atom. The molecule has 0 saturated heterocycles. The third-order valence-electron chi connectivity index (χ3n) is 3.65. The van der Waals surface area contributed by atoms with E-state index in [-0.39, 0.29) is 27.9 Å². The van der Waals surface area contributed by atoms with Crippen LogP contribution in [0.2, 0.25) is 5.02 Å². The molecule has 1 N–H and O–H groups in total. The molecule has 9 heteroatoms. The molecule has 0 spiro atoms. The van der Waals surface area contributed by atoms with Crippen LogP contribution in [0.25, 0.3) is 0 Å². The summed E-state index contributed by atoms with van der Waals surface area (Å²) in [5.41, 5.74) is 0.786. The standard InChI is InChI=1S/C19H13ClFN3O3S/c20-18-9-17(6-5-14(18)10-22)28(25,26)24-12-13-4-7-19(23-11-13)27-16-3-1-2-15(21)8-16/h1-9,11,24H,12H2. The second-order valence-corrected chi connectivity index (χ2v) is 7.82. The molecular formula is C19H13ClFN3O3S. The number of aromatic nitrogens is 1. The van der Waals surface area contributed by atoms with Gasteiger partial charge in [-0.25, -0.2) is 22.5 Å². The Kier molecular flexibility index (Phi) is 5.90. The molecule has 0 amide bonds. The number of pyridine rings is 1. The molecule has 0 aliphatic carbocycles. The molecule has 0 aliphatic rings. The summed E-state index contributed by atoms with van der Waals surface area (Å²) in [5.74, 6) is 0.126. The maximum atomic E-state index is 13.2. The van der Waals surface area contributed by atoms with E-state index < -0.39 is 15.8 Å². The fourth-order valence-corrected chi connectivity index (χ4v) is 3.57. The number of sulfonamides is 1. The summed E-state index contributed by atoms with van der Waals surface area (Å²) < 4.78 is 45.8. The molecule has 0 bridgehead atoms. The first-order valence-electron chi connectivity index (χ1n) is 7.95. The average molecular weight is 418 g/mol. The fraction of sp³-hybridized carbons (Fsp3) is 0.0526. The van der Waals surface area contributed by atoms with Crippen LogP contribution < -0.4 is 9.46 Å². The molecule has 2 aromatic carbocycles. The van der Waals surface area contributed by atoms with Gasteiger partial charge in [0.25, 0.3) is 0 Å². The highest BCUT2D eigenvalue weighted by molar-refractivity contribution is 7.89. The van der Waals surface area contributed by atoms with Gasteiger partial charge in [-0.05, 0) is 35.9 Å². The molecule has 1 aromatic heterocycles. The van der Waals surface area contributed by atoms with Gasteiger partial charge in [-0.3, -0.25) is 0 Å². The zero-order chi connectivity index (χ0) is 20.1. The zero-order valence-corrected chi connectivity index (χ0v) is 15.8. The van der Waals surface area contributed by atoms with Gasteiger partial charge < -0.3 is 4.74 Å². The summed E-state index contributed by atoms with van der Waals surface area (Å²) in [6.07, 6.45) is 1.45. The van der Waals surface area contributed by atoms with Crippen molar-refractivity contribution in [2.45, 2.75) is 11.4 Å². The molecule has 142 valence electrons. The number of nitrogens with one attached hydrogen (secondary N) is 1. The normalized spacial score (nSPS) is 11.0. The molecule has 0 aliphatic heterocycles. The van der Waals surface area contributed by atoms with Crippen molar-refractivity contribution in [2.75, 3.05) is 0 Å². The molecule has 3 rings (SSSR count). The minimum atomic E-state index is -3.81. The molecule has 28 heavy (non-hydrogen) atoms. The number of hydrogen-bond donors (Lipinski definition) is 1. The van der Waals surface area contributed by atoms with Gasteiger partial charge in [0.05, 0.1) is 15.5 Å². The molecule has 0 unspecified atom stereocenters. The van der Waals surface area contributed by atoms with Crippen molar-refractivity contribution in [3.8, 4) is 17.7 Å². The Balaban J connectivity index is 1.65. The second-order valence-electron chi connectivity index (χ2n) is 5.64. The molecular weight excluding hydrogens is 405 g/mol. The lowest BCUT2D eigenvalue weighted by Gasteiger charge is -2.09. The van der Waals surface area contributed by atoms with Gasteiger partial charge in [0.15, 0.2) is 0 Å². The SMILES string of the molecule is N#Cc1ccc(S(=O)(=O)NCc2ccc(Oc3cccc(F)c3)nc2)cc1Cl. The van der Waals surface area contributed by atoms with E-state index in [1.165, 1.54) is 42.6 Å². The summed E-state index contributed by atoms with van der Waals surface area (Å²) in [7, 11) is -3.81. The van der Waals surface area contributed by atoms with Crippen molar-refractivity contribution in [3.63, 3.8) is 0 Å². The van der Waals surface area contributed by atoms with Crippen LogP contribution in [-0.2, 0) is 16.6 Å². The van der Waals surface area contributed by atoms with Gasteiger partial charge in [-0.1, -0.05) is 23.7 Å². The Morgan fingerprint density at radius 1 is 1.18 bits per heavy atom. The number of nitrogens with zero attached hydrogens (tertiary/aromatic N) is 2. The zero-order valence-electron chi connectivity index (χ0n) is 14.3. The van der Waals surface area contributed by atoms with E-state index in [1.54, 1.807) is 18.2 Å². The van der Waals surface area contributed by atoms with Gasteiger partial charge in [0, 0.05) is 24.9 Å². The highest BCUT2D eigenvalue weighted by Gasteiger charge is 2.15. The summed E-state index contributed by atoms with van der Waals surface area (Å²) >= 11 is 5.88. The quantitative estimate of drug-likeness (QED) is 0.654. The minimum Gasteiger partial charge on any atom is -0.439 e. The number of benzene rings is 2. The van der Waals surface area contributed by atoms with Gasteiger partial charge in [0.1, 0.15) is 17.6 Å². The number of nitriles is 1. The lowest BCUT2D eigenvalue weighted by atomic mass is 10.2. The average Bonchev–Trinajstić information content (AvgIpc) is 2.67. The van der Waals surface area contributed by atoms with Gasteiger partial charge in [-0.2, -0.15) is 5.26 Å². The van der Waals surface area contributed by atoms with Crippen LogP contribution in [0.15, 0.2) is 65.7 Å². The van der Waals surface area contributed by atoms with Crippen LogP contribution in [0.3, 0.4) is 0 Å². The van der Waals surface area contributed by atoms with E-state index in [2.05, 4.69) is 9.71 Å². The number of halogens is 2. The van der Waals surface area contributed by atoms with Crippen LogP contribution in [-0.4, -0.2) is 13.4 Å². The molecule has 0 radical (unpaired) electrons. The molecule has 0 fully saturated rings. The van der Waals surface area contributed by atoms with Crippen LogP contribution in [0.1, 0.15) is 11.1 Å². The monoisotopic (exact) mass is 417 g/mol. The highest BCUT2D eigenvalue weighted by atomic mass is 35.5. The number of rotatable bonds is 6. The van der Waals surface area contributed by atoms with Crippen LogP contribution in [0.4, 0.5) is 4.39 Å². The first-order chi connectivity index (χ1) is 13.4. The van der Waals surface area contributed by atoms with Crippen LogP contribution in [0.5, 0.6) is 11.6 Å². The van der Waals surface area contributed by atoms with E-state index in [1.807, 2.05) is 6.07 Å². The van der Waals surface area contributed by atoms with Gasteiger partial charge in [-0.15, -0.1) is 0 Å². The third-order valence-corrected chi connectivity index (χ3v) is 5.37.